The van der Waals surface area contributed by atoms with Crippen molar-refractivity contribution >= 4 is 5.96 Å². The molecule has 172 valence electrons. The molecule has 2 N–H and O–H groups in total. The summed E-state index contributed by atoms with van der Waals surface area (Å²) in [5.41, 5.74) is 1.63. The molecule has 0 fully saturated rings. The van der Waals surface area contributed by atoms with Crippen molar-refractivity contribution in [1.82, 2.24) is 15.5 Å². The summed E-state index contributed by atoms with van der Waals surface area (Å²) in [6, 6.07) is 7.60. The molecule has 8 heteroatoms. The van der Waals surface area contributed by atoms with E-state index in [1.165, 1.54) is 0 Å². The molecule has 0 aliphatic rings. The van der Waals surface area contributed by atoms with Crippen LogP contribution in [-0.2, 0) is 17.9 Å². The van der Waals surface area contributed by atoms with Gasteiger partial charge >= 0.3 is 6.18 Å². The van der Waals surface area contributed by atoms with Crippen molar-refractivity contribution in [1.29, 1.82) is 0 Å². The molecule has 0 radical (unpaired) electrons. The number of halogens is 3. The topological polar surface area (TPSA) is 48.9 Å². The third-order valence-corrected chi connectivity index (χ3v) is 4.68. The highest BCUT2D eigenvalue weighted by Gasteiger charge is 2.27. The van der Waals surface area contributed by atoms with Gasteiger partial charge in [0.2, 0.25) is 0 Å². The Kier molecular flexibility index (Phi) is 12.5. The van der Waals surface area contributed by atoms with E-state index in [1.54, 1.807) is 6.07 Å². The number of nitrogens with one attached hydrogen (secondary N) is 2. The van der Waals surface area contributed by atoms with Crippen molar-refractivity contribution < 1.29 is 17.9 Å². The molecule has 1 atom stereocenters. The summed E-state index contributed by atoms with van der Waals surface area (Å²) in [6.45, 7) is 11.6. The minimum absolute atomic E-state index is 0.0705. The van der Waals surface area contributed by atoms with Gasteiger partial charge in [-0.05, 0) is 57.5 Å². The number of alkyl halides is 3. The van der Waals surface area contributed by atoms with Gasteiger partial charge in [-0.1, -0.05) is 38.1 Å². The average Bonchev–Trinajstić information content (AvgIpc) is 2.69. The van der Waals surface area contributed by atoms with Crippen molar-refractivity contribution in [3.8, 4) is 0 Å². The van der Waals surface area contributed by atoms with Crippen molar-refractivity contribution in [2.24, 2.45) is 4.99 Å². The Bertz CT molecular complexity index is 619. The molecule has 0 heterocycles. The molecule has 30 heavy (non-hydrogen) atoms. The van der Waals surface area contributed by atoms with Gasteiger partial charge in [0.25, 0.3) is 0 Å². The van der Waals surface area contributed by atoms with E-state index in [4.69, 9.17) is 4.74 Å². The number of hydrogen-bond acceptors (Lipinski definition) is 3. The predicted molar refractivity (Wildman–Crippen MR) is 117 cm³/mol. The van der Waals surface area contributed by atoms with Crippen LogP contribution < -0.4 is 10.6 Å². The van der Waals surface area contributed by atoms with E-state index in [-0.39, 0.29) is 6.61 Å². The lowest BCUT2D eigenvalue weighted by atomic mass is 10.1. The molecule has 0 bridgehead atoms. The van der Waals surface area contributed by atoms with Gasteiger partial charge in [0.05, 0.1) is 13.2 Å². The fourth-order valence-corrected chi connectivity index (χ4v) is 3.06. The van der Waals surface area contributed by atoms with Crippen LogP contribution in [0.25, 0.3) is 0 Å². The minimum Gasteiger partial charge on any atom is -0.367 e. The third-order valence-electron chi connectivity index (χ3n) is 4.68. The van der Waals surface area contributed by atoms with E-state index in [9.17, 15) is 13.2 Å². The summed E-state index contributed by atoms with van der Waals surface area (Å²) >= 11 is 0. The first-order valence-corrected chi connectivity index (χ1v) is 10.8. The summed E-state index contributed by atoms with van der Waals surface area (Å²) in [7, 11) is 0. The minimum atomic E-state index is -4.31. The van der Waals surface area contributed by atoms with Crippen LogP contribution in [-0.4, -0.2) is 55.9 Å². The van der Waals surface area contributed by atoms with Crippen LogP contribution in [0.5, 0.6) is 0 Å². The highest BCUT2D eigenvalue weighted by Crippen LogP contribution is 2.16. The molecule has 0 amide bonds. The highest BCUT2D eigenvalue weighted by atomic mass is 19.4. The van der Waals surface area contributed by atoms with E-state index in [0.717, 1.165) is 50.5 Å². The molecule has 1 unspecified atom stereocenters. The first kappa shape index (κ1) is 26.2. The maximum absolute atomic E-state index is 12.2. The largest absolute Gasteiger partial charge is 0.411 e. The highest BCUT2D eigenvalue weighted by molar-refractivity contribution is 5.80. The standard InChI is InChI=1S/C22H37F3N4O/c1-5-26-21(28-18(4)10-9-13-29(6-2)7-3)27-15-19-11-8-12-20(14-19)16-30-17-22(23,24)25/h8,11-12,14,18H,5-7,9-10,13,15-17H2,1-4H3,(H2,26,27,28). The molecule has 0 saturated heterocycles. The lowest BCUT2D eigenvalue weighted by Crippen LogP contribution is -2.42. The second-order valence-electron chi connectivity index (χ2n) is 7.34. The third kappa shape index (κ3) is 12.0. The van der Waals surface area contributed by atoms with Gasteiger partial charge in [-0.3, -0.25) is 0 Å². The lowest BCUT2D eigenvalue weighted by molar-refractivity contribution is -0.176. The van der Waals surface area contributed by atoms with Crippen LogP contribution in [0.3, 0.4) is 0 Å². The van der Waals surface area contributed by atoms with Gasteiger partial charge in [0.1, 0.15) is 6.61 Å². The number of rotatable bonds is 13. The number of aliphatic imine (C=N–C) groups is 1. The van der Waals surface area contributed by atoms with Crippen LogP contribution in [0.1, 0.15) is 51.7 Å². The van der Waals surface area contributed by atoms with Gasteiger partial charge in [0, 0.05) is 12.6 Å². The first-order valence-electron chi connectivity index (χ1n) is 10.8. The zero-order chi connectivity index (χ0) is 22.4. The maximum Gasteiger partial charge on any atom is 0.411 e. The van der Waals surface area contributed by atoms with Crippen molar-refractivity contribution in [2.45, 2.75) is 65.9 Å². The monoisotopic (exact) mass is 430 g/mol. The second-order valence-corrected chi connectivity index (χ2v) is 7.34. The molecule has 0 saturated carbocycles. The Morgan fingerprint density at radius 1 is 1.17 bits per heavy atom. The quantitative estimate of drug-likeness (QED) is 0.361. The Morgan fingerprint density at radius 3 is 2.50 bits per heavy atom. The summed E-state index contributed by atoms with van der Waals surface area (Å²) in [5, 5.41) is 6.68. The molecule has 0 spiro atoms. The number of guanidine groups is 1. The van der Waals surface area contributed by atoms with E-state index < -0.39 is 12.8 Å². The van der Waals surface area contributed by atoms with Crippen molar-refractivity contribution in [3.05, 3.63) is 35.4 Å². The summed E-state index contributed by atoms with van der Waals surface area (Å²) in [4.78, 5) is 7.04. The Balaban J connectivity index is 2.55. The summed E-state index contributed by atoms with van der Waals surface area (Å²) in [6.07, 6.45) is -2.14. The molecular formula is C22H37F3N4O. The van der Waals surface area contributed by atoms with Crippen LogP contribution >= 0.6 is 0 Å². The van der Waals surface area contributed by atoms with Gasteiger partial charge in [-0.25, -0.2) is 4.99 Å². The zero-order valence-electron chi connectivity index (χ0n) is 18.7. The first-order chi connectivity index (χ1) is 14.3. The van der Waals surface area contributed by atoms with Gasteiger partial charge < -0.3 is 20.3 Å². The Morgan fingerprint density at radius 2 is 1.87 bits per heavy atom. The SMILES string of the molecule is CCNC(=NCc1cccc(COCC(F)(F)F)c1)NC(C)CCCN(CC)CC. The van der Waals surface area contributed by atoms with Crippen LogP contribution in [0.2, 0.25) is 0 Å². The zero-order valence-corrected chi connectivity index (χ0v) is 18.7. The number of nitrogens with zero attached hydrogens (tertiary/aromatic N) is 2. The molecule has 0 aromatic heterocycles. The molecule has 1 aromatic carbocycles. The van der Waals surface area contributed by atoms with E-state index in [1.807, 2.05) is 25.1 Å². The Labute approximate surface area is 179 Å². The van der Waals surface area contributed by atoms with Crippen LogP contribution in [0.15, 0.2) is 29.3 Å². The summed E-state index contributed by atoms with van der Waals surface area (Å²) in [5.74, 6) is 0.742. The van der Waals surface area contributed by atoms with Gasteiger partial charge in [-0.15, -0.1) is 0 Å². The maximum atomic E-state index is 12.2. The van der Waals surface area contributed by atoms with Gasteiger partial charge in [-0.2, -0.15) is 13.2 Å². The van der Waals surface area contributed by atoms with E-state index in [0.29, 0.717) is 18.2 Å². The molecular weight excluding hydrogens is 393 g/mol. The van der Waals surface area contributed by atoms with E-state index >= 15 is 0 Å². The smallest absolute Gasteiger partial charge is 0.367 e. The Hall–Kier alpha value is -1.80. The van der Waals surface area contributed by atoms with Crippen LogP contribution in [0.4, 0.5) is 13.2 Å². The number of benzene rings is 1. The van der Waals surface area contributed by atoms with Crippen molar-refractivity contribution in [2.75, 3.05) is 32.8 Å². The fourth-order valence-electron chi connectivity index (χ4n) is 3.06. The predicted octanol–water partition coefficient (Wildman–Crippen LogP) is 4.33. The molecule has 0 aliphatic carbocycles. The molecule has 1 aromatic rings. The van der Waals surface area contributed by atoms with E-state index in [2.05, 4.69) is 41.3 Å². The molecule has 0 aliphatic heterocycles. The summed E-state index contributed by atoms with van der Waals surface area (Å²) < 4.78 is 41.4. The van der Waals surface area contributed by atoms with Crippen LogP contribution in [0, 0.1) is 0 Å². The molecule has 5 nitrogen and oxygen atoms in total. The average molecular weight is 431 g/mol. The van der Waals surface area contributed by atoms with Gasteiger partial charge in [0.15, 0.2) is 5.96 Å². The normalized spacial score (nSPS) is 13.5. The fraction of sp³-hybridized carbons (Fsp3) is 0.682. The number of ether oxygens (including phenoxy) is 1. The lowest BCUT2D eigenvalue weighted by Gasteiger charge is -2.21. The van der Waals surface area contributed by atoms with Crippen molar-refractivity contribution in [3.63, 3.8) is 0 Å². The molecule has 1 rings (SSSR count). The second kappa shape index (κ2) is 14.2. The number of hydrogen-bond donors (Lipinski definition) is 2.